The maximum atomic E-state index is 12.9. The monoisotopic (exact) mass is 376 g/mol. The normalized spacial score (nSPS) is 17.4. The average Bonchev–Trinajstić information content (AvgIpc) is 3.02. The molecule has 1 aliphatic rings. The zero-order valence-electron chi connectivity index (χ0n) is 14.8. The van der Waals surface area contributed by atoms with Gasteiger partial charge in [-0.05, 0) is 44.0 Å². The predicted octanol–water partition coefficient (Wildman–Crippen LogP) is 2.65. The Labute approximate surface area is 154 Å². The molecule has 0 bridgehead atoms. The minimum absolute atomic E-state index is 0.212. The van der Waals surface area contributed by atoms with Crippen molar-refractivity contribution in [1.82, 2.24) is 14.1 Å². The number of amides is 1. The third-order valence-electron chi connectivity index (χ3n) is 4.61. The van der Waals surface area contributed by atoms with E-state index in [1.165, 1.54) is 6.07 Å². The molecule has 140 valence electrons. The number of nitrogens with zero attached hydrogens (tertiary/aromatic N) is 3. The topological polar surface area (TPSA) is 84.3 Å². The predicted molar refractivity (Wildman–Crippen MR) is 99.2 cm³/mol. The van der Waals surface area contributed by atoms with E-state index in [1.807, 2.05) is 0 Å². The number of hydrogen-bond donors (Lipinski definition) is 1. The Morgan fingerprint density at radius 2 is 1.88 bits per heavy atom. The van der Waals surface area contributed by atoms with Crippen molar-refractivity contribution in [2.75, 3.05) is 18.4 Å². The lowest BCUT2D eigenvalue weighted by molar-refractivity contribution is -0.119. The van der Waals surface area contributed by atoms with Crippen LogP contribution in [0.3, 0.4) is 0 Å². The van der Waals surface area contributed by atoms with Gasteiger partial charge in [0.1, 0.15) is 6.04 Å². The van der Waals surface area contributed by atoms with Crippen molar-refractivity contribution >= 4 is 21.6 Å². The summed E-state index contributed by atoms with van der Waals surface area (Å²) in [4.78, 5) is 12.6. The van der Waals surface area contributed by atoms with Crippen LogP contribution in [0.25, 0.3) is 0 Å². The minimum atomic E-state index is -3.54. The number of sulfonamides is 1. The van der Waals surface area contributed by atoms with E-state index in [2.05, 4.69) is 10.4 Å². The fourth-order valence-electron chi connectivity index (χ4n) is 3.04. The van der Waals surface area contributed by atoms with Crippen LogP contribution in [-0.4, -0.2) is 41.5 Å². The quantitative estimate of drug-likeness (QED) is 0.869. The number of anilines is 1. The Kier molecular flexibility index (Phi) is 5.73. The molecule has 7 nitrogen and oxygen atoms in total. The van der Waals surface area contributed by atoms with Crippen molar-refractivity contribution in [3.8, 4) is 0 Å². The van der Waals surface area contributed by atoms with Crippen molar-refractivity contribution in [3.63, 3.8) is 0 Å². The van der Waals surface area contributed by atoms with Crippen LogP contribution in [0.5, 0.6) is 0 Å². The third kappa shape index (κ3) is 4.13. The number of rotatable bonds is 5. The molecule has 1 atom stereocenters. The van der Waals surface area contributed by atoms with Gasteiger partial charge in [0.25, 0.3) is 0 Å². The zero-order chi connectivity index (χ0) is 18.6. The van der Waals surface area contributed by atoms with Crippen LogP contribution in [0.2, 0.25) is 0 Å². The first kappa shape index (κ1) is 18.6. The van der Waals surface area contributed by atoms with E-state index in [1.54, 1.807) is 52.6 Å². The third-order valence-corrected chi connectivity index (χ3v) is 6.50. The highest BCUT2D eigenvalue weighted by atomic mass is 32.2. The van der Waals surface area contributed by atoms with Gasteiger partial charge in [0.2, 0.25) is 15.9 Å². The number of hydrogen-bond acceptors (Lipinski definition) is 4. The van der Waals surface area contributed by atoms with Gasteiger partial charge in [0, 0.05) is 31.2 Å². The van der Waals surface area contributed by atoms with Crippen molar-refractivity contribution < 1.29 is 13.2 Å². The maximum absolute atomic E-state index is 12.9. The molecule has 2 heterocycles. The summed E-state index contributed by atoms with van der Waals surface area (Å²) < 4.78 is 28.9. The lowest BCUT2D eigenvalue weighted by atomic mass is 10.2. The van der Waals surface area contributed by atoms with Gasteiger partial charge in [0.15, 0.2) is 0 Å². The Hall–Kier alpha value is -2.19. The van der Waals surface area contributed by atoms with E-state index in [0.29, 0.717) is 18.8 Å². The van der Waals surface area contributed by atoms with E-state index in [-0.39, 0.29) is 10.8 Å². The summed E-state index contributed by atoms with van der Waals surface area (Å²) in [5.74, 6) is -0.252. The summed E-state index contributed by atoms with van der Waals surface area (Å²) in [5.41, 5.74) is 0.463. The molecule has 1 aliphatic heterocycles. The lowest BCUT2D eigenvalue weighted by Crippen LogP contribution is -2.32. The number of benzene rings is 1. The Morgan fingerprint density at radius 1 is 1.15 bits per heavy atom. The molecule has 0 spiro atoms. The fourth-order valence-corrected chi connectivity index (χ4v) is 4.61. The van der Waals surface area contributed by atoms with E-state index < -0.39 is 16.1 Å². The summed E-state index contributed by atoms with van der Waals surface area (Å²) in [6.45, 7) is 2.84. The summed E-state index contributed by atoms with van der Waals surface area (Å²) in [6.07, 6.45) is 7.22. The molecule has 1 fully saturated rings. The first-order valence-corrected chi connectivity index (χ1v) is 10.3. The molecule has 2 aromatic rings. The minimum Gasteiger partial charge on any atom is -0.324 e. The molecule has 1 saturated heterocycles. The van der Waals surface area contributed by atoms with Crippen LogP contribution >= 0.6 is 0 Å². The second kappa shape index (κ2) is 8.01. The van der Waals surface area contributed by atoms with Crippen molar-refractivity contribution in [2.45, 2.75) is 43.5 Å². The van der Waals surface area contributed by atoms with Crippen LogP contribution in [0, 0.1) is 0 Å². The van der Waals surface area contributed by atoms with Crippen molar-refractivity contribution in [2.24, 2.45) is 0 Å². The molecule has 26 heavy (non-hydrogen) atoms. The largest absolute Gasteiger partial charge is 0.324 e. The highest BCUT2D eigenvalue weighted by Crippen LogP contribution is 2.23. The van der Waals surface area contributed by atoms with Crippen LogP contribution in [0.4, 0.5) is 5.69 Å². The summed E-state index contributed by atoms with van der Waals surface area (Å²) in [7, 11) is -3.54. The summed E-state index contributed by atoms with van der Waals surface area (Å²) >= 11 is 0. The Balaban J connectivity index is 1.76. The number of aromatic nitrogens is 2. The number of carbonyl (C=O) groups is 1. The SMILES string of the molecule is CC(C(=O)Nc1cccc(S(=O)(=O)N2CCCCCC2)c1)n1cccn1. The fraction of sp³-hybridized carbons (Fsp3) is 0.444. The first-order valence-electron chi connectivity index (χ1n) is 8.89. The second-order valence-electron chi connectivity index (χ2n) is 6.50. The average molecular weight is 376 g/mol. The molecule has 1 aromatic heterocycles. The van der Waals surface area contributed by atoms with Gasteiger partial charge in [-0.15, -0.1) is 0 Å². The molecule has 8 heteroatoms. The molecule has 1 unspecified atom stereocenters. The van der Waals surface area contributed by atoms with Gasteiger partial charge in [-0.25, -0.2) is 8.42 Å². The van der Waals surface area contributed by atoms with Gasteiger partial charge < -0.3 is 5.32 Å². The highest BCUT2D eigenvalue weighted by molar-refractivity contribution is 7.89. The van der Waals surface area contributed by atoms with Gasteiger partial charge in [-0.1, -0.05) is 18.9 Å². The molecule has 1 N–H and O–H groups in total. The van der Waals surface area contributed by atoms with Crippen LogP contribution in [0.15, 0.2) is 47.6 Å². The molecule has 1 aromatic carbocycles. The molecular weight excluding hydrogens is 352 g/mol. The van der Waals surface area contributed by atoms with Crippen LogP contribution in [0.1, 0.15) is 38.6 Å². The van der Waals surface area contributed by atoms with E-state index in [9.17, 15) is 13.2 Å². The van der Waals surface area contributed by atoms with Crippen LogP contribution in [-0.2, 0) is 14.8 Å². The maximum Gasteiger partial charge on any atom is 0.248 e. The second-order valence-corrected chi connectivity index (χ2v) is 8.44. The molecule has 3 rings (SSSR count). The van der Waals surface area contributed by atoms with Gasteiger partial charge in [0.05, 0.1) is 4.90 Å². The number of nitrogens with one attached hydrogen (secondary N) is 1. The molecule has 0 aliphatic carbocycles. The smallest absolute Gasteiger partial charge is 0.248 e. The van der Waals surface area contributed by atoms with Gasteiger partial charge >= 0.3 is 0 Å². The van der Waals surface area contributed by atoms with E-state index in [4.69, 9.17) is 0 Å². The van der Waals surface area contributed by atoms with Crippen molar-refractivity contribution in [3.05, 3.63) is 42.7 Å². The molecular formula is C18H24N4O3S. The molecule has 0 saturated carbocycles. The standard InChI is InChI=1S/C18H24N4O3S/c1-15(22-13-7-10-19-22)18(23)20-16-8-6-9-17(14-16)26(24,25)21-11-4-2-3-5-12-21/h6-10,13-15H,2-5,11-12H2,1H3,(H,20,23). The van der Waals surface area contributed by atoms with Crippen LogP contribution < -0.4 is 5.32 Å². The first-order chi connectivity index (χ1) is 12.5. The Bertz CT molecular complexity index is 841. The zero-order valence-corrected chi connectivity index (χ0v) is 15.7. The van der Waals surface area contributed by atoms with E-state index in [0.717, 1.165) is 25.7 Å². The molecule has 0 radical (unpaired) electrons. The Morgan fingerprint density at radius 3 is 2.54 bits per heavy atom. The summed E-state index contributed by atoms with van der Waals surface area (Å²) in [5, 5.41) is 6.83. The van der Waals surface area contributed by atoms with Gasteiger partial charge in [-0.3, -0.25) is 9.48 Å². The highest BCUT2D eigenvalue weighted by Gasteiger charge is 2.25. The molecule has 1 amide bonds. The number of carbonyl (C=O) groups excluding carboxylic acids is 1. The summed E-state index contributed by atoms with van der Waals surface area (Å²) in [6, 6.07) is 7.70. The van der Waals surface area contributed by atoms with Gasteiger partial charge in [-0.2, -0.15) is 9.40 Å². The van der Waals surface area contributed by atoms with E-state index >= 15 is 0 Å². The lowest BCUT2D eigenvalue weighted by Gasteiger charge is -2.20. The van der Waals surface area contributed by atoms with Crippen molar-refractivity contribution in [1.29, 1.82) is 0 Å².